The Bertz CT molecular complexity index is 646. The van der Waals surface area contributed by atoms with Crippen molar-refractivity contribution in [1.29, 1.82) is 0 Å². The highest BCUT2D eigenvalue weighted by Gasteiger charge is 2.32. The van der Waals surface area contributed by atoms with Gasteiger partial charge in [-0.15, -0.1) is 10.2 Å². The predicted octanol–water partition coefficient (Wildman–Crippen LogP) is 3.58. The fourth-order valence-electron chi connectivity index (χ4n) is 3.64. The molecule has 0 radical (unpaired) electrons. The summed E-state index contributed by atoms with van der Waals surface area (Å²) in [6.07, 6.45) is 3.79. The van der Waals surface area contributed by atoms with Crippen LogP contribution in [0, 0.1) is 0 Å². The summed E-state index contributed by atoms with van der Waals surface area (Å²) in [5.41, 5.74) is 2.07. The Labute approximate surface area is 151 Å². The van der Waals surface area contributed by atoms with E-state index in [4.69, 9.17) is 0 Å². The number of fused-ring (bicyclic) bond motifs is 3. The highest BCUT2D eigenvalue weighted by Crippen LogP contribution is 2.30. The van der Waals surface area contributed by atoms with Gasteiger partial charge in [0.25, 0.3) is 0 Å². The second kappa shape index (κ2) is 6.73. The highest BCUT2D eigenvalue weighted by atomic mass is 127. The number of halogens is 1. The van der Waals surface area contributed by atoms with Crippen LogP contribution < -0.4 is 4.90 Å². The molecule has 3 heterocycles. The van der Waals surface area contributed by atoms with Crippen LogP contribution in [0.25, 0.3) is 11.3 Å². The summed E-state index contributed by atoms with van der Waals surface area (Å²) in [7, 11) is 0. The van der Waals surface area contributed by atoms with Crippen LogP contribution in [0.3, 0.4) is 0 Å². The smallest absolute Gasteiger partial charge is 0.151 e. The normalized spacial score (nSPS) is 27.5. The van der Waals surface area contributed by atoms with Crippen LogP contribution in [0.15, 0.2) is 42.5 Å². The van der Waals surface area contributed by atoms with E-state index in [0.29, 0.717) is 10.1 Å². The minimum Gasteiger partial charge on any atom is -0.350 e. The van der Waals surface area contributed by atoms with E-state index in [0.717, 1.165) is 23.6 Å². The van der Waals surface area contributed by atoms with Gasteiger partial charge in [0.1, 0.15) is 0 Å². The first kappa shape index (κ1) is 15.3. The molecule has 0 spiro atoms. The number of benzene rings is 1. The summed E-state index contributed by atoms with van der Waals surface area (Å²) in [6, 6.07) is 15.1. The molecule has 2 bridgehead atoms. The van der Waals surface area contributed by atoms with E-state index < -0.39 is 0 Å². The SMILES string of the molecule is IC1CN(c2ccc(-c3ccccc3)nn2)C2CCCN1CC2. The van der Waals surface area contributed by atoms with Crippen LogP contribution in [0.1, 0.15) is 19.3 Å². The molecule has 0 saturated carbocycles. The van der Waals surface area contributed by atoms with Crippen LogP contribution in [0.2, 0.25) is 0 Å². The standard InChI is InChI=1S/C18H21IN4/c19-17-13-23(15-7-4-11-22(17)12-10-15)18-9-8-16(20-21-18)14-5-2-1-3-6-14/h1-3,5-6,8-9,15,17H,4,7,10-13H2. The number of alkyl halides is 1. The Morgan fingerprint density at radius 1 is 0.957 bits per heavy atom. The van der Waals surface area contributed by atoms with Gasteiger partial charge in [0.05, 0.1) is 9.74 Å². The van der Waals surface area contributed by atoms with Gasteiger partial charge in [0.2, 0.25) is 0 Å². The van der Waals surface area contributed by atoms with Crippen LogP contribution in [-0.4, -0.2) is 44.8 Å². The summed E-state index contributed by atoms with van der Waals surface area (Å²) in [5.74, 6) is 1.03. The zero-order chi connectivity index (χ0) is 15.6. The molecule has 2 saturated heterocycles. The van der Waals surface area contributed by atoms with E-state index in [1.165, 1.54) is 32.4 Å². The maximum atomic E-state index is 4.56. The molecule has 2 aromatic rings. The van der Waals surface area contributed by atoms with Crippen molar-refractivity contribution in [1.82, 2.24) is 15.1 Å². The third kappa shape index (κ3) is 3.21. The molecule has 2 aliphatic heterocycles. The van der Waals surface area contributed by atoms with Crippen molar-refractivity contribution in [3.8, 4) is 11.3 Å². The Kier molecular flexibility index (Phi) is 4.48. The maximum absolute atomic E-state index is 4.56. The molecule has 2 fully saturated rings. The number of anilines is 1. The Balaban J connectivity index is 1.60. The quantitative estimate of drug-likeness (QED) is 0.423. The fraction of sp³-hybridized carbons (Fsp3) is 0.444. The van der Waals surface area contributed by atoms with Crippen LogP contribution in [0.4, 0.5) is 5.82 Å². The predicted molar refractivity (Wildman–Crippen MR) is 102 cm³/mol. The van der Waals surface area contributed by atoms with Crippen molar-refractivity contribution < 1.29 is 0 Å². The summed E-state index contributed by atoms with van der Waals surface area (Å²) in [4.78, 5) is 5.10. The molecular formula is C18H21IN4. The molecule has 0 aliphatic carbocycles. The van der Waals surface area contributed by atoms with E-state index in [1.807, 2.05) is 18.2 Å². The maximum Gasteiger partial charge on any atom is 0.151 e. The average Bonchev–Trinajstić information content (AvgIpc) is 2.93. The lowest BCUT2D eigenvalue weighted by Crippen LogP contribution is -2.43. The highest BCUT2D eigenvalue weighted by molar-refractivity contribution is 14.1. The molecule has 23 heavy (non-hydrogen) atoms. The molecule has 3 atom stereocenters. The molecule has 4 nitrogen and oxygen atoms in total. The summed E-state index contributed by atoms with van der Waals surface area (Å²) >= 11 is 2.58. The molecule has 3 unspecified atom stereocenters. The molecule has 0 amide bonds. The van der Waals surface area contributed by atoms with Gasteiger partial charge < -0.3 is 4.90 Å². The van der Waals surface area contributed by atoms with E-state index >= 15 is 0 Å². The number of rotatable bonds is 2. The van der Waals surface area contributed by atoms with E-state index in [9.17, 15) is 0 Å². The molecule has 0 N–H and O–H groups in total. The molecule has 1 aromatic heterocycles. The molecule has 120 valence electrons. The van der Waals surface area contributed by atoms with Crippen molar-refractivity contribution in [3.05, 3.63) is 42.5 Å². The van der Waals surface area contributed by atoms with Crippen LogP contribution >= 0.6 is 22.6 Å². The third-order valence-electron chi connectivity index (χ3n) is 4.93. The van der Waals surface area contributed by atoms with Crippen molar-refractivity contribution in [3.63, 3.8) is 0 Å². The monoisotopic (exact) mass is 420 g/mol. The van der Waals surface area contributed by atoms with Gasteiger partial charge in [-0.1, -0.05) is 52.9 Å². The lowest BCUT2D eigenvalue weighted by Gasteiger charge is -2.34. The molecule has 4 rings (SSSR count). The number of hydrogen-bond acceptors (Lipinski definition) is 4. The third-order valence-corrected chi connectivity index (χ3v) is 6.11. The Morgan fingerprint density at radius 2 is 1.83 bits per heavy atom. The van der Waals surface area contributed by atoms with Crippen LogP contribution in [0.5, 0.6) is 0 Å². The number of aromatic nitrogens is 2. The van der Waals surface area contributed by atoms with Gasteiger partial charge in [-0.05, 0) is 37.9 Å². The summed E-state index contributed by atoms with van der Waals surface area (Å²) in [6.45, 7) is 3.51. The molecule has 2 aliphatic rings. The van der Waals surface area contributed by atoms with E-state index in [1.54, 1.807) is 0 Å². The number of hydrogen-bond donors (Lipinski definition) is 0. The lowest BCUT2D eigenvalue weighted by molar-refractivity contribution is 0.285. The Hall–Kier alpha value is -1.21. The minimum absolute atomic E-state index is 0.563. The van der Waals surface area contributed by atoms with Crippen molar-refractivity contribution in [2.75, 3.05) is 24.5 Å². The Morgan fingerprint density at radius 3 is 2.61 bits per heavy atom. The molecular weight excluding hydrogens is 399 g/mol. The van der Waals surface area contributed by atoms with Gasteiger partial charge in [-0.25, -0.2) is 0 Å². The minimum atomic E-state index is 0.563. The van der Waals surface area contributed by atoms with Gasteiger partial charge >= 0.3 is 0 Å². The summed E-state index contributed by atoms with van der Waals surface area (Å²) < 4.78 is 0.563. The second-order valence-corrected chi connectivity index (χ2v) is 7.79. The summed E-state index contributed by atoms with van der Waals surface area (Å²) in [5, 5.41) is 9.03. The first-order valence-electron chi connectivity index (χ1n) is 8.35. The average molecular weight is 420 g/mol. The largest absolute Gasteiger partial charge is 0.350 e. The van der Waals surface area contributed by atoms with E-state index in [2.05, 4.69) is 66.9 Å². The molecule has 1 aromatic carbocycles. The van der Waals surface area contributed by atoms with Crippen LogP contribution in [-0.2, 0) is 0 Å². The first-order chi connectivity index (χ1) is 11.3. The van der Waals surface area contributed by atoms with Gasteiger partial charge in [0, 0.05) is 24.7 Å². The zero-order valence-corrected chi connectivity index (χ0v) is 15.3. The second-order valence-electron chi connectivity index (χ2n) is 6.35. The zero-order valence-electron chi connectivity index (χ0n) is 13.1. The topological polar surface area (TPSA) is 32.3 Å². The van der Waals surface area contributed by atoms with Crippen molar-refractivity contribution in [2.45, 2.75) is 29.4 Å². The van der Waals surface area contributed by atoms with Gasteiger partial charge in [-0.2, -0.15) is 0 Å². The van der Waals surface area contributed by atoms with Gasteiger partial charge in [0.15, 0.2) is 5.82 Å². The van der Waals surface area contributed by atoms with Crippen molar-refractivity contribution >= 4 is 28.4 Å². The fourth-order valence-corrected chi connectivity index (χ4v) is 4.62. The van der Waals surface area contributed by atoms with Crippen molar-refractivity contribution in [2.24, 2.45) is 0 Å². The lowest BCUT2D eigenvalue weighted by atomic mass is 10.1. The molecule has 5 heteroatoms. The first-order valence-corrected chi connectivity index (χ1v) is 9.60. The number of nitrogens with zero attached hydrogens (tertiary/aromatic N) is 4. The van der Waals surface area contributed by atoms with Gasteiger partial charge in [-0.3, -0.25) is 4.90 Å². The van der Waals surface area contributed by atoms with E-state index in [-0.39, 0.29) is 0 Å².